The third-order valence-electron chi connectivity index (χ3n) is 2.59. The summed E-state index contributed by atoms with van der Waals surface area (Å²) < 4.78 is 25.9. The monoisotopic (exact) mass is 239 g/mol. The predicted octanol–water partition coefficient (Wildman–Crippen LogP) is 3.80. The van der Waals surface area contributed by atoms with Gasteiger partial charge in [-0.25, -0.2) is 8.78 Å². The quantitative estimate of drug-likeness (QED) is 0.537. The number of halogens is 2. The van der Waals surface area contributed by atoms with Gasteiger partial charge in [-0.1, -0.05) is 18.6 Å². The maximum absolute atomic E-state index is 13.2. The van der Waals surface area contributed by atoms with Gasteiger partial charge in [0.1, 0.15) is 11.6 Å². The van der Waals surface area contributed by atoms with Crippen molar-refractivity contribution in [1.82, 2.24) is 5.32 Å². The largest absolute Gasteiger partial charge is 0.313 e. The number of allylic oxidation sites excluding steroid dienone is 1. The molecule has 1 aromatic carbocycles. The fourth-order valence-corrected chi connectivity index (χ4v) is 1.60. The van der Waals surface area contributed by atoms with Gasteiger partial charge in [0.25, 0.3) is 0 Å². The molecule has 0 bridgehead atoms. The highest BCUT2D eigenvalue weighted by molar-refractivity contribution is 5.18. The molecule has 0 heterocycles. The highest BCUT2D eigenvalue weighted by atomic mass is 19.1. The molecule has 0 aliphatic carbocycles. The summed E-state index contributed by atoms with van der Waals surface area (Å²) in [6, 6.07) is 3.68. The van der Waals surface area contributed by atoms with E-state index >= 15 is 0 Å². The van der Waals surface area contributed by atoms with Crippen molar-refractivity contribution in [3.63, 3.8) is 0 Å². The van der Waals surface area contributed by atoms with E-state index in [2.05, 4.69) is 11.9 Å². The zero-order valence-corrected chi connectivity index (χ0v) is 10.0. The Morgan fingerprint density at radius 1 is 1.18 bits per heavy atom. The van der Waals surface area contributed by atoms with Crippen LogP contribution in [0.5, 0.6) is 0 Å². The van der Waals surface area contributed by atoms with E-state index in [0.717, 1.165) is 38.3 Å². The van der Waals surface area contributed by atoms with Crippen molar-refractivity contribution in [1.29, 1.82) is 0 Å². The summed E-state index contributed by atoms with van der Waals surface area (Å²) in [5, 5.41) is 3.15. The zero-order valence-electron chi connectivity index (χ0n) is 10.0. The topological polar surface area (TPSA) is 12.0 Å². The van der Waals surface area contributed by atoms with Gasteiger partial charge in [-0.3, -0.25) is 0 Å². The van der Waals surface area contributed by atoms with Gasteiger partial charge >= 0.3 is 0 Å². The van der Waals surface area contributed by atoms with Crippen LogP contribution in [0.2, 0.25) is 0 Å². The molecule has 0 spiro atoms. The first-order valence-electron chi connectivity index (χ1n) is 5.99. The van der Waals surface area contributed by atoms with Crippen molar-refractivity contribution in [2.24, 2.45) is 0 Å². The third-order valence-corrected chi connectivity index (χ3v) is 2.59. The maximum Gasteiger partial charge on any atom is 0.130 e. The molecule has 94 valence electrons. The predicted molar refractivity (Wildman–Crippen MR) is 66.7 cm³/mol. The highest BCUT2D eigenvalue weighted by Crippen LogP contribution is 2.09. The Bertz CT molecular complexity index is 350. The van der Waals surface area contributed by atoms with Crippen LogP contribution in [0.1, 0.15) is 31.2 Å². The maximum atomic E-state index is 13.2. The Morgan fingerprint density at radius 2 is 2.00 bits per heavy atom. The van der Waals surface area contributed by atoms with Crippen LogP contribution in [-0.4, -0.2) is 6.54 Å². The van der Waals surface area contributed by atoms with Gasteiger partial charge in [-0.2, -0.15) is 0 Å². The SMILES string of the molecule is C=CCCCCCNCc1ccc(F)cc1F. The standard InChI is InChI=1S/C14H19F2N/c1-2-3-4-5-6-9-17-11-12-7-8-13(15)10-14(12)16/h2,7-8,10,17H,1,3-6,9,11H2. The van der Waals surface area contributed by atoms with E-state index in [0.29, 0.717) is 12.1 Å². The first kappa shape index (κ1) is 13.8. The second-order valence-electron chi connectivity index (χ2n) is 4.05. The molecule has 1 N–H and O–H groups in total. The number of benzene rings is 1. The van der Waals surface area contributed by atoms with Gasteiger partial charge in [0.2, 0.25) is 0 Å². The summed E-state index contributed by atoms with van der Waals surface area (Å²) in [4.78, 5) is 0. The van der Waals surface area contributed by atoms with Crippen molar-refractivity contribution < 1.29 is 8.78 Å². The molecular formula is C14H19F2N. The van der Waals surface area contributed by atoms with Crippen LogP contribution in [-0.2, 0) is 6.54 Å². The molecule has 0 amide bonds. The van der Waals surface area contributed by atoms with Gasteiger partial charge in [0, 0.05) is 18.2 Å². The average Bonchev–Trinajstić information content (AvgIpc) is 2.30. The van der Waals surface area contributed by atoms with E-state index in [4.69, 9.17) is 0 Å². The summed E-state index contributed by atoms with van der Waals surface area (Å²) in [6.45, 7) is 4.97. The van der Waals surface area contributed by atoms with E-state index in [1.807, 2.05) is 6.08 Å². The van der Waals surface area contributed by atoms with Crippen LogP contribution in [0.25, 0.3) is 0 Å². The molecule has 0 aliphatic heterocycles. The molecule has 1 nitrogen and oxygen atoms in total. The molecule has 0 atom stereocenters. The van der Waals surface area contributed by atoms with Crippen LogP contribution in [0.4, 0.5) is 8.78 Å². The van der Waals surface area contributed by atoms with Gasteiger partial charge in [-0.15, -0.1) is 6.58 Å². The molecule has 0 aliphatic rings. The van der Waals surface area contributed by atoms with Crippen LogP contribution < -0.4 is 5.32 Å². The summed E-state index contributed by atoms with van der Waals surface area (Å²) in [6.07, 6.45) is 6.32. The Morgan fingerprint density at radius 3 is 2.71 bits per heavy atom. The summed E-state index contributed by atoms with van der Waals surface area (Å²) in [7, 11) is 0. The van der Waals surface area contributed by atoms with Crippen LogP contribution >= 0.6 is 0 Å². The molecular weight excluding hydrogens is 220 g/mol. The summed E-state index contributed by atoms with van der Waals surface area (Å²) >= 11 is 0. The Kier molecular flexibility index (Phi) is 6.48. The Hall–Kier alpha value is -1.22. The van der Waals surface area contributed by atoms with Gasteiger partial charge in [0.05, 0.1) is 0 Å². The van der Waals surface area contributed by atoms with E-state index in [-0.39, 0.29) is 0 Å². The van der Waals surface area contributed by atoms with Crippen molar-refractivity contribution in [2.75, 3.05) is 6.54 Å². The van der Waals surface area contributed by atoms with Crippen molar-refractivity contribution in [3.05, 3.63) is 48.1 Å². The lowest BCUT2D eigenvalue weighted by Gasteiger charge is -2.05. The van der Waals surface area contributed by atoms with E-state index in [9.17, 15) is 8.78 Å². The highest BCUT2D eigenvalue weighted by Gasteiger charge is 2.02. The number of rotatable bonds is 8. The molecule has 0 fully saturated rings. The minimum absolute atomic E-state index is 0.452. The van der Waals surface area contributed by atoms with Gasteiger partial charge < -0.3 is 5.32 Å². The second-order valence-corrected chi connectivity index (χ2v) is 4.05. The lowest BCUT2D eigenvalue weighted by molar-refractivity contribution is 0.552. The average molecular weight is 239 g/mol. The number of nitrogens with one attached hydrogen (secondary N) is 1. The van der Waals surface area contributed by atoms with Crippen molar-refractivity contribution >= 4 is 0 Å². The molecule has 0 radical (unpaired) electrons. The van der Waals surface area contributed by atoms with Crippen molar-refractivity contribution in [3.8, 4) is 0 Å². The van der Waals surface area contributed by atoms with Crippen LogP contribution in [0.15, 0.2) is 30.9 Å². The van der Waals surface area contributed by atoms with E-state index in [1.165, 1.54) is 12.1 Å². The minimum atomic E-state index is -0.532. The zero-order chi connectivity index (χ0) is 12.5. The third kappa shape index (κ3) is 5.59. The van der Waals surface area contributed by atoms with Crippen LogP contribution in [0.3, 0.4) is 0 Å². The fraction of sp³-hybridized carbons (Fsp3) is 0.429. The van der Waals surface area contributed by atoms with Gasteiger partial charge in [-0.05, 0) is 31.9 Å². The van der Waals surface area contributed by atoms with E-state index < -0.39 is 11.6 Å². The number of hydrogen-bond acceptors (Lipinski definition) is 1. The second kappa shape index (κ2) is 7.96. The normalized spacial score (nSPS) is 10.5. The fourth-order valence-electron chi connectivity index (χ4n) is 1.60. The lowest BCUT2D eigenvalue weighted by atomic mass is 10.2. The smallest absolute Gasteiger partial charge is 0.130 e. The molecule has 0 saturated carbocycles. The van der Waals surface area contributed by atoms with E-state index in [1.54, 1.807) is 0 Å². The number of unbranched alkanes of at least 4 members (excludes halogenated alkanes) is 3. The summed E-state index contributed by atoms with van der Waals surface area (Å²) in [5.74, 6) is -1.01. The molecule has 3 heteroatoms. The molecule has 1 rings (SSSR count). The molecule has 0 unspecified atom stereocenters. The Balaban J connectivity index is 2.15. The van der Waals surface area contributed by atoms with Crippen LogP contribution in [0, 0.1) is 11.6 Å². The molecule has 0 saturated heterocycles. The molecule has 1 aromatic rings. The lowest BCUT2D eigenvalue weighted by Crippen LogP contribution is -2.15. The van der Waals surface area contributed by atoms with Crippen molar-refractivity contribution in [2.45, 2.75) is 32.2 Å². The Labute approximate surface area is 102 Å². The summed E-state index contributed by atoms with van der Waals surface area (Å²) in [5.41, 5.74) is 0.512. The first-order valence-corrected chi connectivity index (χ1v) is 5.99. The molecule has 0 aromatic heterocycles. The molecule has 17 heavy (non-hydrogen) atoms. The minimum Gasteiger partial charge on any atom is -0.313 e. The number of hydrogen-bond donors (Lipinski definition) is 1. The first-order chi connectivity index (χ1) is 8.24. The van der Waals surface area contributed by atoms with Gasteiger partial charge in [0.15, 0.2) is 0 Å².